The zero-order valence-corrected chi connectivity index (χ0v) is 12.4. The summed E-state index contributed by atoms with van der Waals surface area (Å²) in [5.41, 5.74) is 0. The van der Waals surface area contributed by atoms with E-state index in [4.69, 9.17) is 6.42 Å². The van der Waals surface area contributed by atoms with Gasteiger partial charge in [-0.25, -0.2) is 0 Å². The first-order chi connectivity index (χ1) is 9.06. The van der Waals surface area contributed by atoms with Crippen molar-refractivity contribution in [2.75, 3.05) is 26.7 Å². The first-order valence-electron chi connectivity index (χ1n) is 7.20. The number of amides is 1. The number of rotatable bonds is 6. The normalized spacial score (nSPS) is 19.1. The molecule has 1 unspecified atom stereocenters. The highest BCUT2D eigenvalue weighted by molar-refractivity contribution is 5.81. The third-order valence-corrected chi connectivity index (χ3v) is 3.61. The highest BCUT2D eigenvalue weighted by atomic mass is 16.2. The van der Waals surface area contributed by atoms with Crippen LogP contribution in [0.4, 0.5) is 0 Å². The van der Waals surface area contributed by atoms with E-state index in [1.165, 1.54) is 0 Å². The average Bonchev–Trinajstić information content (AvgIpc) is 2.39. The first-order valence-corrected chi connectivity index (χ1v) is 7.20. The summed E-state index contributed by atoms with van der Waals surface area (Å²) in [5.74, 6) is 3.30. The number of terminal acetylenes is 1. The Morgan fingerprint density at radius 2 is 2.05 bits per heavy atom. The fourth-order valence-electron chi connectivity index (χ4n) is 2.57. The molecule has 1 aliphatic heterocycles. The molecule has 1 heterocycles. The van der Waals surface area contributed by atoms with E-state index < -0.39 is 0 Å². The molecule has 1 atom stereocenters. The molecule has 4 nitrogen and oxygen atoms in total. The van der Waals surface area contributed by atoms with Gasteiger partial charge in [0, 0.05) is 26.2 Å². The van der Waals surface area contributed by atoms with E-state index >= 15 is 0 Å². The van der Waals surface area contributed by atoms with Gasteiger partial charge < -0.3 is 10.6 Å². The van der Waals surface area contributed by atoms with Gasteiger partial charge in [-0.05, 0) is 25.2 Å². The molecule has 1 fully saturated rings. The molecular formula is C15H27N3O. The molecule has 4 heteroatoms. The molecule has 0 saturated carbocycles. The summed E-state index contributed by atoms with van der Waals surface area (Å²) in [5, 5.41) is 6.26. The van der Waals surface area contributed by atoms with Crippen LogP contribution in [0.25, 0.3) is 0 Å². The minimum atomic E-state index is -0.0748. The van der Waals surface area contributed by atoms with Crippen LogP contribution in [0, 0.1) is 18.3 Å². The molecule has 0 bridgehead atoms. The lowest BCUT2D eigenvalue weighted by Crippen LogP contribution is -2.51. The van der Waals surface area contributed by atoms with Crippen molar-refractivity contribution < 1.29 is 4.79 Å². The molecule has 2 N–H and O–H groups in total. The van der Waals surface area contributed by atoms with Crippen LogP contribution in [0.1, 0.15) is 33.1 Å². The summed E-state index contributed by atoms with van der Waals surface area (Å²) < 4.78 is 0. The summed E-state index contributed by atoms with van der Waals surface area (Å²) >= 11 is 0. The van der Waals surface area contributed by atoms with Gasteiger partial charge in [-0.3, -0.25) is 9.69 Å². The van der Waals surface area contributed by atoms with Crippen molar-refractivity contribution in [2.24, 2.45) is 5.92 Å². The quantitative estimate of drug-likeness (QED) is 0.699. The van der Waals surface area contributed by atoms with Gasteiger partial charge in [0.15, 0.2) is 0 Å². The zero-order chi connectivity index (χ0) is 14.3. The van der Waals surface area contributed by atoms with Gasteiger partial charge in [0.25, 0.3) is 0 Å². The van der Waals surface area contributed by atoms with Gasteiger partial charge in [0.2, 0.25) is 5.91 Å². The van der Waals surface area contributed by atoms with E-state index in [1.807, 2.05) is 0 Å². The minimum Gasteiger partial charge on any atom is -0.358 e. The van der Waals surface area contributed by atoms with Gasteiger partial charge in [0.1, 0.15) is 0 Å². The van der Waals surface area contributed by atoms with Crippen LogP contribution in [-0.2, 0) is 4.79 Å². The second-order valence-electron chi connectivity index (χ2n) is 5.72. The SMILES string of the molecule is C#CCN1CCC(NC(CC(C)C)C(=O)NC)CC1. The van der Waals surface area contributed by atoms with E-state index in [2.05, 4.69) is 35.3 Å². The second kappa shape index (κ2) is 8.19. The van der Waals surface area contributed by atoms with Crippen LogP contribution in [0.3, 0.4) is 0 Å². The van der Waals surface area contributed by atoms with Crippen molar-refractivity contribution in [3.63, 3.8) is 0 Å². The first kappa shape index (κ1) is 16.0. The molecule has 1 aliphatic rings. The van der Waals surface area contributed by atoms with Crippen LogP contribution < -0.4 is 10.6 Å². The molecule has 19 heavy (non-hydrogen) atoms. The van der Waals surface area contributed by atoms with Crippen LogP contribution in [-0.4, -0.2) is 49.6 Å². The molecule has 0 aromatic heterocycles. The largest absolute Gasteiger partial charge is 0.358 e. The molecule has 1 saturated heterocycles. The van der Waals surface area contributed by atoms with E-state index in [9.17, 15) is 4.79 Å². The Balaban J connectivity index is 2.43. The third-order valence-electron chi connectivity index (χ3n) is 3.61. The van der Waals surface area contributed by atoms with Crippen molar-refractivity contribution in [1.82, 2.24) is 15.5 Å². The fraction of sp³-hybridized carbons (Fsp3) is 0.800. The van der Waals surface area contributed by atoms with Gasteiger partial charge >= 0.3 is 0 Å². The Morgan fingerprint density at radius 3 is 2.53 bits per heavy atom. The summed E-state index contributed by atoms with van der Waals surface area (Å²) in [7, 11) is 1.70. The van der Waals surface area contributed by atoms with Crippen LogP contribution in [0.2, 0.25) is 0 Å². The standard InChI is InChI=1S/C15H27N3O/c1-5-8-18-9-6-13(7-10-18)17-14(11-12(2)3)15(19)16-4/h1,12-14,17H,6-11H2,2-4H3,(H,16,19). The lowest BCUT2D eigenvalue weighted by Gasteiger charge is -2.33. The van der Waals surface area contributed by atoms with E-state index in [-0.39, 0.29) is 11.9 Å². The maximum Gasteiger partial charge on any atom is 0.236 e. The topological polar surface area (TPSA) is 44.4 Å². The molecule has 108 valence electrons. The number of nitrogens with one attached hydrogen (secondary N) is 2. The molecule has 0 aromatic rings. The summed E-state index contributed by atoms with van der Waals surface area (Å²) in [6, 6.07) is 0.351. The number of carbonyl (C=O) groups excluding carboxylic acids is 1. The number of nitrogens with zero attached hydrogens (tertiary/aromatic N) is 1. The molecule has 1 amide bonds. The minimum absolute atomic E-state index is 0.0748. The van der Waals surface area contributed by atoms with Crippen molar-refractivity contribution in [2.45, 2.75) is 45.2 Å². The van der Waals surface area contributed by atoms with Crippen molar-refractivity contribution in [3.8, 4) is 12.3 Å². The van der Waals surface area contributed by atoms with E-state index in [0.717, 1.165) is 38.9 Å². The van der Waals surface area contributed by atoms with Crippen LogP contribution >= 0.6 is 0 Å². The number of carbonyl (C=O) groups is 1. The summed E-state index contributed by atoms with van der Waals surface area (Å²) in [6.45, 7) is 7.06. The smallest absolute Gasteiger partial charge is 0.236 e. The van der Waals surface area contributed by atoms with Gasteiger partial charge in [-0.1, -0.05) is 19.8 Å². The molecule has 0 aromatic carbocycles. The number of hydrogen-bond donors (Lipinski definition) is 2. The number of piperidine rings is 1. The van der Waals surface area contributed by atoms with E-state index in [0.29, 0.717) is 12.0 Å². The Kier molecular flexibility index (Phi) is 6.90. The maximum atomic E-state index is 11.9. The van der Waals surface area contributed by atoms with E-state index in [1.54, 1.807) is 7.05 Å². The maximum absolute atomic E-state index is 11.9. The number of likely N-dealkylation sites (tertiary alicyclic amines) is 1. The lowest BCUT2D eigenvalue weighted by molar-refractivity contribution is -0.123. The molecule has 1 rings (SSSR count). The van der Waals surface area contributed by atoms with Gasteiger partial charge in [0.05, 0.1) is 12.6 Å². The molecular weight excluding hydrogens is 238 g/mol. The van der Waals surface area contributed by atoms with Crippen LogP contribution in [0.5, 0.6) is 0 Å². The third kappa shape index (κ3) is 5.63. The highest BCUT2D eigenvalue weighted by Crippen LogP contribution is 2.13. The van der Waals surface area contributed by atoms with Crippen LogP contribution in [0.15, 0.2) is 0 Å². The Bertz CT molecular complexity index is 314. The Labute approximate surface area is 117 Å². The molecule has 0 radical (unpaired) electrons. The van der Waals surface area contributed by atoms with Gasteiger partial charge in [-0.2, -0.15) is 0 Å². The highest BCUT2D eigenvalue weighted by Gasteiger charge is 2.25. The second-order valence-corrected chi connectivity index (χ2v) is 5.72. The summed E-state index contributed by atoms with van der Waals surface area (Å²) in [6.07, 6.45) is 8.33. The lowest BCUT2D eigenvalue weighted by atomic mass is 9.99. The van der Waals surface area contributed by atoms with Crippen molar-refractivity contribution in [1.29, 1.82) is 0 Å². The van der Waals surface area contributed by atoms with Crippen molar-refractivity contribution >= 4 is 5.91 Å². The predicted octanol–water partition coefficient (Wildman–Crippen LogP) is 0.834. The fourth-order valence-corrected chi connectivity index (χ4v) is 2.57. The number of likely N-dealkylation sites (N-methyl/N-ethyl adjacent to an activating group) is 1. The molecule has 0 spiro atoms. The Morgan fingerprint density at radius 1 is 1.42 bits per heavy atom. The average molecular weight is 265 g/mol. The summed E-state index contributed by atoms with van der Waals surface area (Å²) in [4.78, 5) is 14.2. The van der Waals surface area contributed by atoms with Crippen molar-refractivity contribution in [3.05, 3.63) is 0 Å². The number of hydrogen-bond acceptors (Lipinski definition) is 3. The zero-order valence-electron chi connectivity index (χ0n) is 12.4. The Hall–Kier alpha value is -1.05. The van der Waals surface area contributed by atoms with Gasteiger partial charge in [-0.15, -0.1) is 6.42 Å². The predicted molar refractivity (Wildman–Crippen MR) is 78.7 cm³/mol. The monoisotopic (exact) mass is 265 g/mol. The molecule has 0 aliphatic carbocycles.